The van der Waals surface area contributed by atoms with Crippen LogP contribution >= 0.6 is 0 Å². The molecule has 1 aliphatic heterocycles. The summed E-state index contributed by atoms with van der Waals surface area (Å²) >= 11 is 0. The van der Waals surface area contributed by atoms with Crippen molar-refractivity contribution < 1.29 is 4.42 Å². The smallest absolute Gasteiger partial charge is 0.118 e. The molecule has 17 heavy (non-hydrogen) atoms. The molecule has 1 saturated heterocycles. The Morgan fingerprint density at radius 2 is 2.18 bits per heavy atom. The van der Waals surface area contributed by atoms with Crippen molar-refractivity contribution in [1.29, 1.82) is 0 Å². The van der Waals surface area contributed by atoms with Crippen molar-refractivity contribution in [3.63, 3.8) is 0 Å². The summed E-state index contributed by atoms with van der Waals surface area (Å²) in [6.07, 6.45) is 6.63. The van der Waals surface area contributed by atoms with Gasteiger partial charge in [-0.05, 0) is 37.9 Å². The lowest BCUT2D eigenvalue weighted by Gasteiger charge is -2.35. The van der Waals surface area contributed by atoms with Crippen molar-refractivity contribution in [3.05, 3.63) is 23.7 Å². The average molecular weight is 236 g/mol. The highest BCUT2D eigenvalue weighted by molar-refractivity contribution is 5.07. The van der Waals surface area contributed by atoms with Gasteiger partial charge in [0.05, 0.1) is 13.1 Å². The Balaban J connectivity index is 1.95. The summed E-state index contributed by atoms with van der Waals surface area (Å²) in [5.41, 5.74) is 5.56. The number of nitrogens with two attached hydrogens (primary N) is 1. The van der Waals surface area contributed by atoms with E-state index in [1.54, 1.807) is 0 Å². The zero-order valence-electron chi connectivity index (χ0n) is 10.8. The summed E-state index contributed by atoms with van der Waals surface area (Å²) in [6.45, 7) is 4.93. The molecule has 2 heterocycles. The molecule has 3 nitrogen and oxygen atoms in total. The molecule has 0 amide bonds. The van der Waals surface area contributed by atoms with Gasteiger partial charge >= 0.3 is 0 Å². The molecule has 2 rings (SSSR count). The van der Waals surface area contributed by atoms with Crippen LogP contribution in [0.2, 0.25) is 0 Å². The lowest BCUT2D eigenvalue weighted by molar-refractivity contribution is 0.121. The first-order valence-electron chi connectivity index (χ1n) is 6.85. The van der Waals surface area contributed by atoms with Crippen LogP contribution in [0.25, 0.3) is 0 Å². The standard InChI is InChI=1S/C14H24N2O/c1-2-5-12-6-3-4-9-16(12)11-14-8-7-13(10-15)17-14/h7-8,12H,2-6,9-11,15H2,1H3. The SMILES string of the molecule is CCCC1CCCCN1Cc1ccc(CN)o1. The Bertz CT molecular complexity index is 333. The van der Waals surface area contributed by atoms with Gasteiger partial charge in [0.2, 0.25) is 0 Å². The molecule has 0 aliphatic carbocycles. The van der Waals surface area contributed by atoms with E-state index in [1.165, 1.54) is 38.6 Å². The van der Waals surface area contributed by atoms with E-state index in [2.05, 4.69) is 17.9 Å². The summed E-state index contributed by atoms with van der Waals surface area (Å²) in [7, 11) is 0. The van der Waals surface area contributed by atoms with E-state index < -0.39 is 0 Å². The van der Waals surface area contributed by atoms with Crippen LogP contribution in [-0.2, 0) is 13.1 Å². The molecule has 1 aromatic rings. The van der Waals surface area contributed by atoms with Gasteiger partial charge in [0.15, 0.2) is 0 Å². The number of hydrogen-bond acceptors (Lipinski definition) is 3. The third-order valence-corrected chi connectivity index (χ3v) is 3.65. The maximum Gasteiger partial charge on any atom is 0.118 e. The van der Waals surface area contributed by atoms with Crippen molar-refractivity contribution in [2.24, 2.45) is 5.73 Å². The molecule has 0 bridgehead atoms. The highest BCUT2D eigenvalue weighted by Gasteiger charge is 2.22. The molecule has 1 aromatic heterocycles. The van der Waals surface area contributed by atoms with Gasteiger partial charge in [-0.1, -0.05) is 19.8 Å². The van der Waals surface area contributed by atoms with E-state index in [9.17, 15) is 0 Å². The van der Waals surface area contributed by atoms with Crippen molar-refractivity contribution in [3.8, 4) is 0 Å². The van der Waals surface area contributed by atoms with Gasteiger partial charge in [0.1, 0.15) is 11.5 Å². The molecule has 0 aromatic carbocycles. The number of furan rings is 1. The predicted molar refractivity (Wildman–Crippen MR) is 69.6 cm³/mol. The molecule has 3 heteroatoms. The molecule has 1 atom stereocenters. The molecule has 1 fully saturated rings. The van der Waals surface area contributed by atoms with E-state index in [1.807, 2.05) is 6.07 Å². The number of rotatable bonds is 5. The quantitative estimate of drug-likeness (QED) is 0.854. The summed E-state index contributed by atoms with van der Waals surface area (Å²) < 4.78 is 5.70. The van der Waals surface area contributed by atoms with Crippen LogP contribution < -0.4 is 5.73 Å². The summed E-state index contributed by atoms with van der Waals surface area (Å²) in [5, 5.41) is 0. The van der Waals surface area contributed by atoms with Crippen molar-refractivity contribution in [2.45, 2.75) is 58.2 Å². The van der Waals surface area contributed by atoms with Gasteiger partial charge < -0.3 is 10.2 Å². The van der Waals surface area contributed by atoms with Crippen LogP contribution in [0.15, 0.2) is 16.5 Å². The van der Waals surface area contributed by atoms with E-state index in [4.69, 9.17) is 10.2 Å². The molecule has 2 N–H and O–H groups in total. The average Bonchev–Trinajstić information content (AvgIpc) is 2.80. The van der Waals surface area contributed by atoms with Gasteiger partial charge in [-0.2, -0.15) is 0 Å². The van der Waals surface area contributed by atoms with Crippen LogP contribution in [0.5, 0.6) is 0 Å². The zero-order valence-corrected chi connectivity index (χ0v) is 10.8. The largest absolute Gasteiger partial charge is 0.463 e. The minimum Gasteiger partial charge on any atom is -0.463 e. The Morgan fingerprint density at radius 3 is 2.88 bits per heavy atom. The van der Waals surface area contributed by atoms with E-state index >= 15 is 0 Å². The molecule has 1 unspecified atom stereocenters. The van der Waals surface area contributed by atoms with Crippen LogP contribution in [0.4, 0.5) is 0 Å². The molecule has 96 valence electrons. The first-order chi connectivity index (χ1) is 8.33. The minimum absolute atomic E-state index is 0.498. The Hall–Kier alpha value is -0.800. The zero-order chi connectivity index (χ0) is 12.1. The summed E-state index contributed by atoms with van der Waals surface area (Å²) in [5.74, 6) is 1.96. The van der Waals surface area contributed by atoms with Gasteiger partial charge in [-0.15, -0.1) is 0 Å². The Kier molecular flexibility index (Phi) is 4.63. The topological polar surface area (TPSA) is 42.4 Å². The Morgan fingerprint density at radius 1 is 1.35 bits per heavy atom. The number of nitrogens with zero attached hydrogens (tertiary/aromatic N) is 1. The normalized spacial score (nSPS) is 21.9. The summed E-state index contributed by atoms with van der Waals surface area (Å²) in [4.78, 5) is 2.58. The second kappa shape index (κ2) is 6.22. The molecule has 0 radical (unpaired) electrons. The second-order valence-electron chi connectivity index (χ2n) is 4.98. The van der Waals surface area contributed by atoms with Gasteiger partial charge in [-0.25, -0.2) is 0 Å². The molecular formula is C14H24N2O. The molecule has 0 saturated carbocycles. The van der Waals surface area contributed by atoms with Crippen LogP contribution in [0.1, 0.15) is 50.5 Å². The van der Waals surface area contributed by atoms with Crippen LogP contribution in [-0.4, -0.2) is 17.5 Å². The fourth-order valence-electron chi connectivity index (χ4n) is 2.75. The minimum atomic E-state index is 0.498. The van der Waals surface area contributed by atoms with Crippen molar-refractivity contribution >= 4 is 0 Å². The predicted octanol–water partition coefficient (Wildman–Crippen LogP) is 2.89. The van der Waals surface area contributed by atoms with Crippen molar-refractivity contribution in [1.82, 2.24) is 4.90 Å². The van der Waals surface area contributed by atoms with Crippen molar-refractivity contribution in [2.75, 3.05) is 6.54 Å². The van der Waals surface area contributed by atoms with Crippen LogP contribution in [0, 0.1) is 0 Å². The van der Waals surface area contributed by atoms with Crippen LogP contribution in [0.3, 0.4) is 0 Å². The van der Waals surface area contributed by atoms with E-state index in [-0.39, 0.29) is 0 Å². The third-order valence-electron chi connectivity index (χ3n) is 3.65. The third kappa shape index (κ3) is 3.33. The Labute approximate surface area is 104 Å². The van der Waals surface area contributed by atoms with Gasteiger partial charge in [-0.3, -0.25) is 4.90 Å². The number of piperidine rings is 1. The first kappa shape index (κ1) is 12.7. The lowest BCUT2D eigenvalue weighted by Crippen LogP contribution is -2.38. The van der Waals surface area contributed by atoms with E-state index in [0.717, 1.165) is 24.1 Å². The maximum absolute atomic E-state index is 5.70. The van der Waals surface area contributed by atoms with E-state index in [0.29, 0.717) is 6.54 Å². The maximum atomic E-state index is 5.70. The monoisotopic (exact) mass is 236 g/mol. The second-order valence-corrected chi connectivity index (χ2v) is 4.98. The number of likely N-dealkylation sites (tertiary alicyclic amines) is 1. The van der Waals surface area contributed by atoms with Gasteiger partial charge in [0, 0.05) is 6.04 Å². The fraction of sp³-hybridized carbons (Fsp3) is 0.714. The first-order valence-corrected chi connectivity index (χ1v) is 6.85. The molecule has 1 aliphatic rings. The molecular weight excluding hydrogens is 212 g/mol. The lowest BCUT2D eigenvalue weighted by atomic mass is 9.98. The highest BCUT2D eigenvalue weighted by atomic mass is 16.3. The summed E-state index contributed by atoms with van der Waals surface area (Å²) in [6, 6.07) is 4.81. The molecule has 0 spiro atoms. The highest BCUT2D eigenvalue weighted by Crippen LogP contribution is 2.23. The fourth-order valence-corrected chi connectivity index (χ4v) is 2.75. The van der Waals surface area contributed by atoms with Gasteiger partial charge in [0.25, 0.3) is 0 Å². The number of hydrogen-bond donors (Lipinski definition) is 1.